The molecule has 1 aliphatic carbocycles. The first kappa shape index (κ1) is 10.8. The maximum Gasteiger partial charge on any atom is 0.137 e. The maximum absolute atomic E-state index is 5.99. The van der Waals surface area contributed by atoms with E-state index in [2.05, 4.69) is 6.07 Å². The van der Waals surface area contributed by atoms with Gasteiger partial charge in [0.25, 0.3) is 0 Å². The zero-order valence-electron chi connectivity index (χ0n) is 8.92. The fourth-order valence-electron chi connectivity index (χ4n) is 2.20. The van der Waals surface area contributed by atoms with Gasteiger partial charge in [0, 0.05) is 12.0 Å². The summed E-state index contributed by atoms with van der Waals surface area (Å²) in [7, 11) is 1.64. The predicted octanol–water partition coefficient (Wildman–Crippen LogP) is 2.73. The van der Waals surface area contributed by atoms with Crippen molar-refractivity contribution in [2.24, 2.45) is 5.73 Å². The second-order valence-electron chi connectivity index (χ2n) is 4.19. The monoisotopic (exact) mass is 225 g/mol. The van der Waals surface area contributed by atoms with Crippen molar-refractivity contribution in [2.75, 3.05) is 13.7 Å². The molecular formula is C12H16ClNO. The Morgan fingerprint density at radius 2 is 2.20 bits per heavy atom. The van der Waals surface area contributed by atoms with Gasteiger partial charge in [-0.15, -0.1) is 0 Å². The Labute approximate surface area is 95.4 Å². The molecule has 2 nitrogen and oxygen atoms in total. The van der Waals surface area contributed by atoms with Crippen LogP contribution in [0.2, 0.25) is 5.02 Å². The van der Waals surface area contributed by atoms with Gasteiger partial charge in [-0.05, 0) is 30.5 Å². The molecule has 2 rings (SSSR count). The van der Waals surface area contributed by atoms with Gasteiger partial charge >= 0.3 is 0 Å². The molecule has 0 unspecified atom stereocenters. The van der Waals surface area contributed by atoms with Crippen molar-refractivity contribution >= 4 is 11.6 Å². The number of ether oxygens (including phenoxy) is 1. The van der Waals surface area contributed by atoms with Gasteiger partial charge in [0.2, 0.25) is 0 Å². The molecule has 0 aromatic heterocycles. The highest BCUT2D eigenvalue weighted by atomic mass is 35.5. The molecule has 0 aliphatic heterocycles. The summed E-state index contributed by atoms with van der Waals surface area (Å²) in [6, 6.07) is 5.98. The van der Waals surface area contributed by atoms with E-state index in [1.807, 2.05) is 12.1 Å². The summed E-state index contributed by atoms with van der Waals surface area (Å²) in [5.41, 5.74) is 7.30. The number of rotatable bonds is 3. The molecule has 1 aliphatic rings. The lowest BCUT2D eigenvalue weighted by Gasteiger charge is -2.41. The van der Waals surface area contributed by atoms with Gasteiger partial charge < -0.3 is 10.5 Å². The third-order valence-corrected chi connectivity index (χ3v) is 3.78. The van der Waals surface area contributed by atoms with Crippen molar-refractivity contribution in [3.8, 4) is 5.75 Å². The first-order valence-electron chi connectivity index (χ1n) is 5.26. The highest BCUT2D eigenvalue weighted by Crippen LogP contribution is 2.44. The molecule has 3 heteroatoms. The maximum atomic E-state index is 5.99. The lowest BCUT2D eigenvalue weighted by Crippen LogP contribution is -2.41. The van der Waals surface area contributed by atoms with Crippen molar-refractivity contribution in [3.05, 3.63) is 28.8 Å². The molecule has 0 amide bonds. The quantitative estimate of drug-likeness (QED) is 0.859. The largest absolute Gasteiger partial charge is 0.495 e. The van der Waals surface area contributed by atoms with Gasteiger partial charge in [-0.3, -0.25) is 0 Å². The van der Waals surface area contributed by atoms with Crippen LogP contribution >= 0.6 is 11.6 Å². The Balaban J connectivity index is 2.36. The summed E-state index contributed by atoms with van der Waals surface area (Å²) in [5.74, 6) is 0.744. The van der Waals surface area contributed by atoms with Crippen LogP contribution in [0.5, 0.6) is 5.75 Å². The standard InChI is InChI=1S/C12H16ClNO/c1-15-11-7-9(3-4-10(11)13)12(8-14)5-2-6-12/h3-4,7H,2,5-6,8,14H2,1H3. The summed E-state index contributed by atoms with van der Waals surface area (Å²) in [6.07, 6.45) is 3.62. The van der Waals surface area contributed by atoms with Crippen molar-refractivity contribution in [1.82, 2.24) is 0 Å². The van der Waals surface area contributed by atoms with E-state index in [4.69, 9.17) is 22.1 Å². The predicted molar refractivity (Wildman–Crippen MR) is 62.6 cm³/mol. The van der Waals surface area contributed by atoms with Crippen LogP contribution in [0.1, 0.15) is 24.8 Å². The highest BCUT2D eigenvalue weighted by Gasteiger charge is 2.37. The minimum absolute atomic E-state index is 0.178. The van der Waals surface area contributed by atoms with Gasteiger partial charge in [0.15, 0.2) is 0 Å². The molecule has 0 radical (unpaired) electrons. The smallest absolute Gasteiger partial charge is 0.137 e. The fraction of sp³-hybridized carbons (Fsp3) is 0.500. The second-order valence-corrected chi connectivity index (χ2v) is 4.59. The first-order valence-corrected chi connectivity index (χ1v) is 5.64. The average molecular weight is 226 g/mol. The Kier molecular flexibility index (Phi) is 2.89. The molecule has 1 fully saturated rings. The molecule has 2 N–H and O–H groups in total. The summed E-state index contributed by atoms with van der Waals surface area (Å²) < 4.78 is 5.22. The molecule has 0 bridgehead atoms. The molecule has 0 saturated heterocycles. The Morgan fingerprint density at radius 3 is 2.67 bits per heavy atom. The first-order chi connectivity index (χ1) is 7.22. The molecule has 0 spiro atoms. The van der Waals surface area contributed by atoms with Crippen LogP contribution < -0.4 is 10.5 Å². The van der Waals surface area contributed by atoms with Crippen molar-refractivity contribution < 1.29 is 4.74 Å². The Hall–Kier alpha value is -0.730. The van der Waals surface area contributed by atoms with Crippen LogP contribution in [0, 0.1) is 0 Å². The van der Waals surface area contributed by atoms with Crippen molar-refractivity contribution in [3.63, 3.8) is 0 Å². The van der Waals surface area contributed by atoms with Gasteiger partial charge in [0.1, 0.15) is 5.75 Å². The highest BCUT2D eigenvalue weighted by molar-refractivity contribution is 6.32. The molecule has 1 saturated carbocycles. The molecular weight excluding hydrogens is 210 g/mol. The number of benzene rings is 1. The van der Waals surface area contributed by atoms with Crippen molar-refractivity contribution in [1.29, 1.82) is 0 Å². The van der Waals surface area contributed by atoms with Gasteiger partial charge in [-0.1, -0.05) is 24.1 Å². The van der Waals surface area contributed by atoms with Crippen LogP contribution in [-0.4, -0.2) is 13.7 Å². The lowest BCUT2D eigenvalue weighted by atomic mass is 9.64. The third-order valence-electron chi connectivity index (χ3n) is 3.46. The number of hydrogen-bond acceptors (Lipinski definition) is 2. The van der Waals surface area contributed by atoms with Crippen LogP contribution in [-0.2, 0) is 5.41 Å². The van der Waals surface area contributed by atoms with Crippen LogP contribution in [0.3, 0.4) is 0 Å². The summed E-state index contributed by atoms with van der Waals surface area (Å²) in [4.78, 5) is 0. The van der Waals surface area contributed by atoms with E-state index >= 15 is 0 Å². The van der Waals surface area contributed by atoms with Gasteiger partial charge in [0.05, 0.1) is 12.1 Å². The topological polar surface area (TPSA) is 35.2 Å². The van der Waals surface area contributed by atoms with Crippen LogP contribution in [0.4, 0.5) is 0 Å². The van der Waals surface area contributed by atoms with E-state index in [1.54, 1.807) is 7.11 Å². The minimum atomic E-state index is 0.178. The summed E-state index contributed by atoms with van der Waals surface area (Å²) in [6.45, 7) is 0.706. The van der Waals surface area contributed by atoms with Gasteiger partial charge in [-0.25, -0.2) is 0 Å². The average Bonchev–Trinajstić information content (AvgIpc) is 2.19. The molecule has 0 atom stereocenters. The number of nitrogens with two attached hydrogens (primary N) is 1. The van der Waals surface area contributed by atoms with Crippen LogP contribution in [0.15, 0.2) is 18.2 Å². The number of methoxy groups -OCH3 is 1. The normalized spacial score (nSPS) is 18.3. The Morgan fingerprint density at radius 1 is 1.47 bits per heavy atom. The zero-order chi connectivity index (χ0) is 10.9. The van der Waals surface area contributed by atoms with E-state index in [0.29, 0.717) is 11.6 Å². The SMILES string of the molecule is COc1cc(C2(CN)CCC2)ccc1Cl. The number of hydrogen-bond donors (Lipinski definition) is 1. The van der Waals surface area contributed by atoms with Gasteiger partial charge in [-0.2, -0.15) is 0 Å². The molecule has 1 aromatic rings. The van der Waals surface area contributed by atoms with Crippen molar-refractivity contribution in [2.45, 2.75) is 24.7 Å². The van der Waals surface area contributed by atoms with E-state index in [9.17, 15) is 0 Å². The van der Waals surface area contributed by atoms with E-state index < -0.39 is 0 Å². The Bertz CT molecular complexity index is 355. The summed E-state index contributed by atoms with van der Waals surface area (Å²) >= 11 is 5.99. The third kappa shape index (κ3) is 1.72. The molecule has 82 valence electrons. The second kappa shape index (κ2) is 4.03. The lowest BCUT2D eigenvalue weighted by molar-refractivity contribution is 0.252. The summed E-state index contributed by atoms with van der Waals surface area (Å²) in [5, 5.41) is 0.660. The molecule has 1 aromatic carbocycles. The van der Waals surface area contributed by atoms with E-state index in [-0.39, 0.29) is 5.41 Å². The molecule has 0 heterocycles. The zero-order valence-corrected chi connectivity index (χ0v) is 9.68. The fourth-order valence-corrected chi connectivity index (χ4v) is 2.40. The molecule has 15 heavy (non-hydrogen) atoms. The van der Waals surface area contributed by atoms with E-state index in [1.165, 1.54) is 24.8 Å². The van der Waals surface area contributed by atoms with Crippen LogP contribution in [0.25, 0.3) is 0 Å². The van der Waals surface area contributed by atoms with E-state index in [0.717, 1.165) is 5.75 Å². The minimum Gasteiger partial charge on any atom is -0.495 e. The number of halogens is 1.